The number of anilines is 6. The summed E-state index contributed by atoms with van der Waals surface area (Å²) in [7, 11) is 0. The zero-order chi connectivity index (χ0) is 31.0. The van der Waals surface area contributed by atoms with Gasteiger partial charge >= 0.3 is 0 Å². The van der Waals surface area contributed by atoms with E-state index in [1.807, 2.05) is 15.9 Å². The molecule has 4 aliphatic rings. The van der Waals surface area contributed by atoms with E-state index in [0.717, 1.165) is 11.2 Å². The Labute approximate surface area is 260 Å². The molecule has 0 atom stereocenters. The largest absolute Gasteiger partial charge is 0.458 e. The molecule has 0 aliphatic carbocycles. The Morgan fingerprint density at radius 2 is 0.891 bits per heavy atom. The smallest absolute Gasteiger partial charge is 0.256 e. The lowest BCUT2D eigenvalue weighted by atomic mass is 9.29. The number of benzene rings is 6. The number of nitrogens with zero attached hydrogens (tertiary/aromatic N) is 2. The fourth-order valence-electron chi connectivity index (χ4n) is 7.90. The molecule has 3 nitrogen and oxygen atoms in total. The molecule has 0 fully saturated rings. The predicted molar refractivity (Wildman–Crippen MR) is 171 cm³/mol. The molecule has 0 aromatic heterocycles. The number of halogens is 5. The van der Waals surface area contributed by atoms with Crippen LogP contribution in [0.1, 0.15) is 0 Å². The van der Waals surface area contributed by atoms with Gasteiger partial charge in [0, 0.05) is 40.2 Å². The normalized spacial score (nSPS) is 14.2. The summed E-state index contributed by atoms with van der Waals surface area (Å²) in [5, 5.41) is 0. The zero-order valence-electron chi connectivity index (χ0n) is 23.7. The topological polar surface area (TPSA) is 15.7 Å². The van der Waals surface area contributed by atoms with Crippen molar-refractivity contribution in [3.05, 3.63) is 132 Å². The van der Waals surface area contributed by atoms with Gasteiger partial charge in [-0.3, -0.25) is 0 Å². The zero-order valence-corrected chi connectivity index (χ0v) is 23.7. The molecule has 0 bridgehead atoms. The summed E-state index contributed by atoms with van der Waals surface area (Å²) < 4.78 is 80.9. The van der Waals surface area contributed by atoms with Crippen LogP contribution in [-0.2, 0) is 0 Å². The van der Waals surface area contributed by atoms with E-state index in [1.54, 1.807) is 36.4 Å². The van der Waals surface area contributed by atoms with Gasteiger partial charge in [0.2, 0.25) is 0 Å². The van der Waals surface area contributed by atoms with Crippen LogP contribution in [-0.4, -0.2) is 13.4 Å². The average molecular weight is 610 g/mol. The fourth-order valence-corrected chi connectivity index (χ4v) is 7.90. The summed E-state index contributed by atoms with van der Waals surface area (Å²) in [6.45, 7) is -1.19. The maximum absolute atomic E-state index is 15.2. The van der Waals surface area contributed by atoms with Gasteiger partial charge in [0.1, 0.15) is 40.6 Å². The van der Waals surface area contributed by atoms with Crippen molar-refractivity contribution in [1.82, 2.24) is 0 Å². The van der Waals surface area contributed by atoms with E-state index in [1.165, 1.54) is 60.7 Å². The molecule has 6 aromatic rings. The number of hydrogen-bond acceptors (Lipinski definition) is 3. The molecule has 0 unspecified atom stereocenters. The highest BCUT2D eigenvalue weighted by Gasteiger charge is 2.51. The Bertz CT molecular complexity index is 2320. The van der Waals surface area contributed by atoms with E-state index >= 15 is 13.2 Å². The quantitative estimate of drug-likeness (QED) is 0.183. The third-order valence-corrected chi connectivity index (χ3v) is 9.57. The molecule has 0 amide bonds. The van der Waals surface area contributed by atoms with Crippen LogP contribution in [0.2, 0.25) is 0 Å². The van der Waals surface area contributed by atoms with E-state index in [0.29, 0.717) is 67.2 Å². The lowest BCUT2D eigenvalue weighted by molar-refractivity contribution is 0.486. The van der Waals surface area contributed by atoms with Gasteiger partial charge in [-0.2, -0.15) is 0 Å². The van der Waals surface area contributed by atoms with Crippen molar-refractivity contribution in [1.29, 1.82) is 0 Å². The molecular weight excluding hydrogens is 593 g/mol. The number of fused-ring (bicyclic) bond motifs is 10. The van der Waals surface area contributed by atoms with Crippen molar-refractivity contribution in [3.8, 4) is 11.5 Å². The first kappa shape index (κ1) is 25.8. The summed E-state index contributed by atoms with van der Waals surface area (Å²) in [5.41, 5.74) is 7.80. The van der Waals surface area contributed by atoms with Gasteiger partial charge in [-0.05, 0) is 130 Å². The molecule has 0 N–H and O–H groups in total. The first-order valence-corrected chi connectivity index (χ1v) is 14.8. The minimum Gasteiger partial charge on any atom is -0.458 e. The molecule has 46 heavy (non-hydrogen) atoms. The summed E-state index contributed by atoms with van der Waals surface area (Å²) in [6, 6.07) is 25.7. The van der Waals surface area contributed by atoms with Crippen LogP contribution in [0.4, 0.5) is 56.1 Å². The molecule has 0 saturated carbocycles. The second-order valence-electron chi connectivity index (χ2n) is 12.0. The second-order valence-corrected chi connectivity index (χ2v) is 12.0. The number of rotatable bonds is 1. The third kappa shape index (κ3) is 3.28. The Morgan fingerprint density at radius 1 is 0.413 bits per heavy atom. The van der Waals surface area contributed by atoms with E-state index in [2.05, 4.69) is 0 Å². The van der Waals surface area contributed by atoms with E-state index in [-0.39, 0.29) is 0 Å². The average Bonchev–Trinajstić information content (AvgIpc) is 3.04. The Hall–Kier alpha value is -5.50. The lowest BCUT2D eigenvalue weighted by Gasteiger charge is -2.49. The van der Waals surface area contributed by atoms with Crippen molar-refractivity contribution < 1.29 is 26.7 Å². The predicted octanol–water partition coefficient (Wildman–Crippen LogP) is 5.40. The molecule has 10 heteroatoms. The van der Waals surface area contributed by atoms with Crippen molar-refractivity contribution in [2.45, 2.75) is 0 Å². The summed E-state index contributed by atoms with van der Waals surface area (Å²) in [5.74, 6) is -1.30. The van der Waals surface area contributed by atoms with E-state index in [4.69, 9.17) is 4.74 Å². The van der Waals surface area contributed by atoms with Crippen molar-refractivity contribution >= 4 is 80.3 Å². The minimum absolute atomic E-state index is 0.408. The standard InChI is InChI=1S/C36H17B2F5N2O/c39-18-1-7-23(8-2-18)44-28-9-3-19(40)13-24(28)37-25-14-20(41)4-10-29(25)45-30-11-5-21(42)15-26(30)38-27-16-22(43)6-12-32(27)46-33-17-31(44)34(37)36(45)35(33)38/h1-17H. The molecule has 0 spiro atoms. The maximum atomic E-state index is 15.2. The van der Waals surface area contributed by atoms with Gasteiger partial charge in [-0.15, -0.1) is 0 Å². The summed E-state index contributed by atoms with van der Waals surface area (Å²) in [4.78, 5) is 3.91. The van der Waals surface area contributed by atoms with Crippen molar-refractivity contribution in [3.63, 3.8) is 0 Å². The summed E-state index contributed by atoms with van der Waals surface area (Å²) in [6.07, 6.45) is 0. The van der Waals surface area contributed by atoms with Gasteiger partial charge in [0.05, 0.1) is 0 Å². The van der Waals surface area contributed by atoms with Gasteiger partial charge < -0.3 is 14.5 Å². The van der Waals surface area contributed by atoms with Crippen molar-refractivity contribution in [2.75, 3.05) is 9.80 Å². The third-order valence-electron chi connectivity index (χ3n) is 9.57. The van der Waals surface area contributed by atoms with Crippen molar-refractivity contribution in [2.24, 2.45) is 0 Å². The summed E-state index contributed by atoms with van der Waals surface area (Å²) >= 11 is 0. The molecule has 0 radical (unpaired) electrons. The molecular formula is C36H17B2F5N2O. The Balaban J connectivity index is 1.39. The van der Waals surface area contributed by atoms with Crippen LogP contribution < -0.4 is 47.3 Å². The molecule has 4 aliphatic heterocycles. The molecule has 4 heterocycles. The first-order chi connectivity index (χ1) is 22.4. The highest BCUT2D eigenvalue weighted by molar-refractivity contribution is 7.04. The van der Waals surface area contributed by atoms with Gasteiger partial charge in [-0.1, -0.05) is 0 Å². The highest BCUT2D eigenvalue weighted by Crippen LogP contribution is 2.47. The number of hydrogen-bond donors (Lipinski definition) is 0. The van der Waals surface area contributed by atoms with Crippen LogP contribution in [0.25, 0.3) is 0 Å². The fraction of sp³-hybridized carbons (Fsp3) is 0. The van der Waals surface area contributed by atoms with E-state index < -0.39 is 42.5 Å². The van der Waals surface area contributed by atoms with Crippen LogP contribution >= 0.6 is 0 Å². The van der Waals surface area contributed by atoms with Gasteiger partial charge in [0.15, 0.2) is 0 Å². The van der Waals surface area contributed by atoms with Crippen LogP contribution in [0.15, 0.2) is 103 Å². The van der Waals surface area contributed by atoms with Crippen LogP contribution in [0.5, 0.6) is 11.5 Å². The minimum atomic E-state index is -0.601. The number of ether oxygens (including phenoxy) is 1. The SMILES string of the molecule is Fc1ccc(N2c3ccc(F)cc3B3c4cc(F)ccc4N4c5ccc(F)cc5B5c6cc(F)ccc6Oc6cc2c3c4c65)cc1. The molecule has 0 saturated heterocycles. The highest BCUT2D eigenvalue weighted by atomic mass is 19.1. The second kappa shape index (κ2) is 8.81. The van der Waals surface area contributed by atoms with Gasteiger partial charge in [0.25, 0.3) is 13.4 Å². The monoisotopic (exact) mass is 610 g/mol. The van der Waals surface area contributed by atoms with Crippen LogP contribution in [0.3, 0.4) is 0 Å². The van der Waals surface area contributed by atoms with E-state index in [9.17, 15) is 8.78 Å². The lowest BCUT2D eigenvalue weighted by Crippen LogP contribution is -2.68. The maximum Gasteiger partial charge on any atom is 0.256 e. The van der Waals surface area contributed by atoms with Gasteiger partial charge in [-0.25, -0.2) is 22.0 Å². The molecule has 10 rings (SSSR count). The Morgan fingerprint density at radius 3 is 1.48 bits per heavy atom. The van der Waals surface area contributed by atoms with Crippen LogP contribution in [0, 0.1) is 29.1 Å². The molecule has 6 aromatic carbocycles. The Kier molecular flexibility index (Phi) is 4.94. The first-order valence-electron chi connectivity index (χ1n) is 14.8. The molecule has 218 valence electrons.